The van der Waals surface area contributed by atoms with Gasteiger partial charge in [0.15, 0.2) is 5.96 Å². The van der Waals surface area contributed by atoms with E-state index in [1.54, 1.807) is 0 Å². The van der Waals surface area contributed by atoms with Gasteiger partial charge in [-0.3, -0.25) is 9.67 Å². The maximum Gasteiger partial charge on any atom is 0.193 e. The zero-order valence-corrected chi connectivity index (χ0v) is 16.8. The van der Waals surface area contributed by atoms with E-state index in [-0.39, 0.29) is 24.0 Å². The first-order chi connectivity index (χ1) is 10.0. The molecule has 0 spiro atoms. The van der Waals surface area contributed by atoms with E-state index >= 15 is 0 Å². The normalized spacial score (nSPS) is 16.6. The first-order valence-electron chi connectivity index (χ1n) is 7.97. The Bertz CT molecular complexity index is 501. The molecule has 0 atom stereocenters. The molecule has 0 bridgehead atoms. The van der Waals surface area contributed by atoms with Crippen molar-refractivity contribution < 1.29 is 0 Å². The third-order valence-electron chi connectivity index (χ3n) is 4.61. The van der Waals surface area contributed by atoms with Gasteiger partial charge in [-0.25, -0.2) is 0 Å². The molecule has 0 radical (unpaired) electrons. The third-order valence-corrected chi connectivity index (χ3v) is 4.61. The Balaban J connectivity index is 0.00000242. The minimum absolute atomic E-state index is 0. The first kappa shape index (κ1) is 19.3. The lowest BCUT2D eigenvalue weighted by Crippen LogP contribution is -2.45. The predicted octanol–water partition coefficient (Wildman–Crippen LogP) is 2.50. The molecule has 1 N–H and O–H groups in total. The van der Waals surface area contributed by atoms with Crippen molar-refractivity contribution in [3.8, 4) is 0 Å². The van der Waals surface area contributed by atoms with Crippen LogP contribution in [0.1, 0.15) is 36.7 Å². The molecule has 0 unspecified atom stereocenters. The van der Waals surface area contributed by atoms with E-state index in [0.717, 1.165) is 43.6 Å². The van der Waals surface area contributed by atoms with E-state index in [2.05, 4.69) is 41.1 Å². The van der Waals surface area contributed by atoms with Crippen LogP contribution in [0.5, 0.6) is 0 Å². The molecule has 0 amide bonds. The molecule has 5 nitrogen and oxygen atoms in total. The fourth-order valence-electron chi connectivity index (χ4n) is 3.03. The fourth-order valence-corrected chi connectivity index (χ4v) is 3.03. The molecule has 1 fully saturated rings. The standard InChI is InChI=1S/C16H29N5.HI/c1-12-7-10-21(11-8-12)16(17-4)18-9-6-15-13(2)19-20(5)14(15)3;/h12H,6-11H2,1-5H3,(H,17,18);1H. The number of aryl methyl sites for hydroxylation is 2. The number of hydrogen-bond donors (Lipinski definition) is 1. The summed E-state index contributed by atoms with van der Waals surface area (Å²) in [4.78, 5) is 6.81. The van der Waals surface area contributed by atoms with Crippen molar-refractivity contribution >= 4 is 29.9 Å². The van der Waals surface area contributed by atoms with Crippen molar-refractivity contribution in [1.82, 2.24) is 20.0 Å². The second kappa shape index (κ2) is 8.74. The zero-order chi connectivity index (χ0) is 15.4. The highest BCUT2D eigenvalue weighted by Gasteiger charge is 2.18. The lowest BCUT2D eigenvalue weighted by Gasteiger charge is -2.32. The summed E-state index contributed by atoms with van der Waals surface area (Å²) in [5, 5.41) is 7.98. The smallest absolute Gasteiger partial charge is 0.193 e. The van der Waals surface area contributed by atoms with Gasteiger partial charge in [0.2, 0.25) is 0 Å². The number of halogens is 1. The molecule has 0 aromatic carbocycles. The highest BCUT2D eigenvalue weighted by Crippen LogP contribution is 2.16. The van der Waals surface area contributed by atoms with Crippen LogP contribution in [0.4, 0.5) is 0 Å². The Morgan fingerprint density at radius 1 is 1.32 bits per heavy atom. The average molecular weight is 419 g/mol. The van der Waals surface area contributed by atoms with Crippen LogP contribution in [-0.4, -0.2) is 47.3 Å². The number of guanidine groups is 1. The molecular weight excluding hydrogens is 389 g/mol. The summed E-state index contributed by atoms with van der Waals surface area (Å²) in [6.07, 6.45) is 3.53. The van der Waals surface area contributed by atoms with Gasteiger partial charge < -0.3 is 10.2 Å². The Kier molecular flexibility index (Phi) is 7.65. The molecule has 1 aromatic heterocycles. The molecule has 2 rings (SSSR count). The van der Waals surface area contributed by atoms with Crippen molar-refractivity contribution in [2.75, 3.05) is 26.7 Å². The van der Waals surface area contributed by atoms with Crippen LogP contribution in [0, 0.1) is 19.8 Å². The van der Waals surface area contributed by atoms with Crippen LogP contribution >= 0.6 is 24.0 Å². The van der Waals surface area contributed by atoms with Crippen LogP contribution in [0.25, 0.3) is 0 Å². The zero-order valence-electron chi connectivity index (χ0n) is 14.5. The summed E-state index contributed by atoms with van der Waals surface area (Å²) in [5.41, 5.74) is 3.75. The maximum atomic E-state index is 4.47. The maximum absolute atomic E-state index is 4.47. The Hall–Kier alpha value is -0.790. The molecular formula is C16H30IN5. The molecule has 1 aliphatic rings. The molecule has 0 saturated carbocycles. The molecule has 126 valence electrons. The lowest BCUT2D eigenvalue weighted by molar-refractivity contribution is 0.273. The monoisotopic (exact) mass is 419 g/mol. The van der Waals surface area contributed by atoms with Gasteiger partial charge in [-0.1, -0.05) is 6.92 Å². The second-order valence-corrected chi connectivity index (χ2v) is 6.17. The van der Waals surface area contributed by atoms with E-state index < -0.39 is 0 Å². The number of aliphatic imine (C=N–C) groups is 1. The van der Waals surface area contributed by atoms with E-state index in [1.165, 1.54) is 24.1 Å². The summed E-state index contributed by atoms with van der Waals surface area (Å²) in [5.74, 6) is 1.89. The van der Waals surface area contributed by atoms with Gasteiger partial charge in [0.05, 0.1) is 5.69 Å². The molecule has 6 heteroatoms. The van der Waals surface area contributed by atoms with Gasteiger partial charge >= 0.3 is 0 Å². The minimum atomic E-state index is 0. The van der Waals surface area contributed by atoms with Crippen molar-refractivity contribution in [3.05, 3.63) is 17.0 Å². The van der Waals surface area contributed by atoms with Gasteiger partial charge in [-0.15, -0.1) is 24.0 Å². The quantitative estimate of drug-likeness (QED) is 0.465. The van der Waals surface area contributed by atoms with Crippen LogP contribution in [0.3, 0.4) is 0 Å². The average Bonchev–Trinajstić information content (AvgIpc) is 2.71. The first-order valence-corrected chi connectivity index (χ1v) is 7.97. The summed E-state index contributed by atoms with van der Waals surface area (Å²) < 4.78 is 1.96. The van der Waals surface area contributed by atoms with Crippen molar-refractivity contribution in [3.63, 3.8) is 0 Å². The van der Waals surface area contributed by atoms with E-state index in [0.29, 0.717) is 0 Å². The highest BCUT2D eigenvalue weighted by molar-refractivity contribution is 14.0. The third kappa shape index (κ3) is 4.60. The fraction of sp³-hybridized carbons (Fsp3) is 0.750. The topological polar surface area (TPSA) is 45.5 Å². The minimum Gasteiger partial charge on any atom is -0.356 e. The number of likely N-dealkylation sites (tertiary alicyclic amines) is 1. The Morgan fingerprint density at radius 3 is 2.45 bits per heavy atom. The highest BCUT2D eigenvalue weighted by atomic mass is 127. The number of rotatable bonds is 3. The SMILES string of the molecule is CN=C(NCCc1c(C)nn(C)c1C)N1CCC(C)CC1.I. The summed E-state index contributed by atoms with van der Waals surface area (Å²) >= 11 is 0. The van der Waals surface area contributed by atoms with Crippen LogP contribution in [0.2, 0.25) is 0 Å². The molecule has 22 heavy (non-hydrogen) atoms. The largest absolute Gasteiger partial charge is 0.356 e. The van der Waals surface area contributed by atoms with Gasteiger partial charge in [0, 0.05) is 39.4 Å². The van der Waals surface area contributed by atoms with Crippen LogP contribution < -0.4 is 5.32 Å². The van der Waals surface area contributed by atoms with E-state index in [1.807, 2.05) is 18.8 Å². The number of nitrogens with zero attached hydrogens (tertiary/aromatic N) is 4. The second-order valence-electron chi connectivity index (χ2n) is 6.17. The summed E-state index contributed by atoms with van der Waals surface area (Å²) in [7, 11) is 3.88. The molecule has 0 aliphatic carbocycles. The van der Waals surface area contributed by atoms with E-state index in [4.69, 9.17) is 0 Å². The predicted molar refractivity (Wildman–Crippen MR) is 103 cm³/mol. The van der Waals surface area contributed by atoms with Crippen LogP contribution in [0.15, 0.2) is 4.99 Å². The van der Waals surface area contributed by atoms with Gasteiger partial charge in [0.1, 0.15) is 0 Å². The molecule has 2 heterocycles. The van der Waals surface area contributed by atoms with Crippen molar-refractivity contribution in [1.29, 1.82) is 0 Å². The van der Waals surface area contributed by atoms with Gasteiger partial charge in [-0.05, 0) is 44.6 Å². The Labute approximate surface area is 151 Å². The molecule has 1 aliphatic heterocycles. The van der Waals surface area contributed by atoms with Gasteiger partial charge in [0.25, 0.3) is 0 Å². The Morgan fingerprint density at radius 2 is 1.95 bits per heavy atom. The number of aromatic nitrogens is 2. The van der Waals surface area contributed by atoms with Crippen molar-refractivity contribution in [2.24, 2.45) is 18.0 Å². The van der Waals surface area contributed by atoms with Gasteiger partial charge in [-0.2, -0.15) is 5.10 Å². The van der Waals surface area contributed by atoms with Crippen molar-refractivity contribution in [2.45, 2.75) is 40.0 Å². The van der Waals surface area contributed by atoms with Crippen LogP contribution in [-0.2, 0) is 13.5 Å². The number of nitrogens with one attached hydrogen (secondary N) is 1. The number of hydrogen-bond acceptors (Lipinski definition) is 2. The summed E-state index contributed by atoms with van der Waals surface area (Å²) in [6.45, 7) is 9.70. The molecule has 1 saturated heterocycles. The van der Waals surface area contributed by atoms with E-state index in [9.17, 15) is 0 Å². The summed E-state index contributed by atoms with van der Waals surface area (Å²) in [6, 6.07) is 0. The molecule has 1 aromatic rings. The lowest BCUT2D eigenvalue weighted by atomic mass is 9.99. The number of piperidine rings is 1.